The molecule has 0 radical (unpaired) electrons. The zero-order chi connectivity index (χ0) is 8.95. The molecule has 0 heterocycles. The van der Waals surface area contributed by atoms with E-state index in [1.54, 1.807) is 0 Å². The van der Waals surface area contributed by atoms with Crippen LogP contribution in [0.2, 0.25) is 0 Å². The van der Waals surface area contributed by atoms with Gasteiger partial charge in [0.15, 0.2) is 0 Å². The topological polar surface area (TPSA) is 12.0 Å². The van der Waals surface area contributed by atoms with E-state index in [0.29, 0.717) is 0 Å². The van der Waals surface area contributed by atoms with E-state index in [1.165, 1.54) is 19.3 Å². The normalized spacial score (nSPS) is 8.27. The highest BCUT2D eigenvalue weighted by molar-refractivity contribution is 4.68. The van der Waals surface area contributed by atoms with Gasteiger partial charge in [-0.3, -0.25) is 0 Å². The van der Waals surface area contributed by atoms with Gasteiger partial charge in [-0.1, -0.05) is 39.7 Å². The Kier molecular flexibility index (Phi) is 19.8. The first-order valence-electron chi connectivity index (χ1n) is 4.73. The molecule has 0 aromatic heterocycles. The Morgan fingerprint density at radius 1 is 1.27 bits per heavy atom. The first kappa shape index (κ1) is 13.3. The van der Waals surface area contributed by atoms with Crippen LogP contribution in [0.3, 0.4) is 0 Å². The Labute approximate surface area is 71.9 Å². The molecule has 0 aromatic rings. The van der Waals surface area contributed by atoms with Gasteiger partial charge in [-0.15, -0.1) is 6.58 Å². The summed E-state index contributed by atoms with van der Waals surface area (Å²) in [5.74, 6) is 0. The quantitative estimate of drug-likeness (QED) is 0.461. The number of unbranched alkanes of at least 4 members (excludes halogenated alkanes) is 2. The molecule has 1 nitrogen and oxygen atoms in total. The molecule has 0 unspecified atom stereocenters. The highest BCUT2D eigenvalue weighted by atomic mass is 14.8. The molecule has 0 fully saturated rings. The highest BCUT2D eigenvalue weighted by Gasteiger charge is 1.82. The standard InChI is InChI=1S/C8H17N.C2H6/c1-3-5-6-8-9-7-4-2;1-2/h4,9H,2-3,5-8H2,1H3;1-2H3. The Morgan fingerprint density at radius 3 is 2.36 bits per heavy atom. The average molecular weight is 157 g/mol. The first-order valence-corrected chi connectivity index (χ1v) is 4.73. The molecule has 0 amide bonds. The van der Waals surface area contributed by atoms with Gasteiger partial charge in [0.2, 0.25) is 0 Å². The second-order valence-electron chi connectivity index (χ2n) is 2.20. The monoisotopic (exact) mass is 157 g/mol. The van der Waals surface area contributed by atoms with Crippen molar-refractivity contribution in [2.75, 3.05) is 13.1 Å². The van der Waals surface area contributed by atoms with Crippen molar-refractivity contribution >= 4 is 0 Å². The highest BCUT2D eigenvalue weighted by Crippen LogP contribution is 1.90. The van der Waals surface area contributed by atoms with Crippen molar-refractivity contribution in [2.24, 2.45) is 0 Å². The van der Waals surface area contributed by atoms with E-state index in [1.807, 2.05) is 19.9 Å². The molecule has 0 bridgehead atoms. The van der Waals surface area contributed by atoms with E-state index >= 15 is 0 Å². The summed E-state index contributed by atoms with van der Waals surface area (Å²) in [4.78, 5) is 0. The molecule has 0 saturated heterocycles. The molecule has 1 heteroatoms. The predicted molar refractivity (Wildman–Crippen MR) is 53.9 cm³/mol. The summed E-state index contributed by atoms with van der Waals surface area (Å²) in [5, 5.41) is 3.25. The fourth-order valence-corrected chi connectivity index (χ4v) is 0.704. The molecule has 0 spiro atoms. The minimum atomic E-state index is 0.948. The summed E-state index contributed by atoms with van der Waals surface area (Å²) in [7, 11) is 0. The summed E-state index contributed by atoms with van der Waals surface area (Å²) in [5.41, 5.74) is 0. The molecule has 0 aromatic carbocycles. The summed E-state index contributed by atoms with van der Waals surface area (Å²) in [6.45, 7) is 11.9. The molecule has 0 aliphatic rings. The molecule has 68 valence electrons. The summed E-state index contributed by atoms with van der Waals surface area (Å²) >= 11 is 0. The number of nitrogens with one attached hydrogen (secondary N) is 1. The third-order valence-electron chi connectivity index (χ3n) is 1.25. The molecule has 0 aliphatic heterocycles. The lowest BCUT2D eigenvalue weighted by atomic mass is 10.2. The first-order chi connectivity index (χ1) is 5.41. The third-order valence-corrected chi connectivity index (χ3v) is 1.25. The summed E-state index contributed by atoms with van der Waals surface area (Å²) < 4.78 is 0. The maximum absolute atomic E-state index is 3.62. The van der Waals surface area contributed by atoms with E-state index in [9.17, 15) is 0 Å². The van der Waals surface area contributed by atoms with E-state index in [4.69, 9.17) is 0 Å². The molecule has 0 aliphatic carbocycles. The van der Waals surface area contributed by atoms with Crippen LogP contribution in [-0.4, -0.2) is 13.1 Å². The Bertz CT molecular complexity index is 59.9. The fraction of sp³-hybridized carbons (Fsp3) is 0.800. The zero-order valence-corrected chi connectivity index (χ0v) is 8.32. The molecule has 0 atom stereocenters. The van der Waals surface area contributed by atoms with Crippen molar-refractivity contribution in [3.8, 4) is 0 Å². The third kappa shape index (κ3) is 17.7. The van der Waals surface area contributed by atoms with Crippen LogP contribution >= 0.6 is 0 Å². The molecule has 0 saturated carbocycles. The summed E-state index contributed by atoms with van der Waals surface area (Å²) in [6, 6.07) is 0. The van der Waals surface area contributed by atoms with Crippen LogP contribution in [-0.2, 0) is 0 Å². The second kappa shape index (κ2) is 16.4. The van der Waals surface area contributed by atoms with E-state index in [2.05, 4.69) is 18.8 Å². The van der Waals surface area contributed by atoms with Gasteiger partial charge in [0.25, 0.3) is 0 Å². The van der Waals surface area contributed by atoms with E-state index in [0.717, 1.165) is 13.1 Å². The van der Waals surface area contributed by atoms with Crippen LogP contribution in [0, 0.1) is 0 Å². The van der Waals surface area contributed by atoms with Crippen LogP contribution < -0.4 is 5.32 Å². The smallest absolute Gasteiger partial charge is 0.0132 e. The fourth-order valence-electron chi connectivity index (χ4n) is 0.704. The van der Waals surface area contributed by atoms with Crippen LogP contribution in [0.15, 0.2) is 12.7 Å². The number of rotatable bonds is 6. The van der Waals surface area contributed by atoms with Crippen molar-refractivity contribution in [1.29, 1.82) is 0 Å². The lowest BCUT2D eigenvalue weighted by Gasteiger charge is -1.98. The Morgan fingerprint density at radius 2 is 1.91 bits per heavy atom. The van der Waals surface area contributed by atoms with Gasteiger partial charge in [0, 0.05) is 6.54 Å². The van der Waals surface area contributed by atoms with Crippen molar-refractivity contribution in [1.82, 2.24) is 5.32 Å². The van der Waals surface area contributed by atoms with Crippen LogP contribution in [0.4, 0.5) is 0 Å². The van der Waals surface area contributed by atoms with Crippen molar-refractivity contribution in [3.63, 3.8) is 0 Å². The van der Waals surface area contributed by atoms with Gasteiger partial charge in [0.1, 0.15) is 0 Å². The van der Waals surface area contributed by atoms with Gasteiger partial charge in [0.05, 0.1) is 0 Å². The Balaban J connectivity index is 0. The molecular weight excluding hydrogens is 134 g/mol. The van der Waals surface area contributed by atoms with Crippen LogP contribution in [0.5, 0.6) is 0 Å². The van der Waals surface area contributed by atoms with Gasteiger partial charge < -0.3 is 5.32 Å². The maximum Gasteiger partial charge on any atom is 0.0132 e. The molecule has 0 rings (SSSR count). The number of hydrogen-bond donors (Lipinski definition) is 1. The SMILES string of the molecule is C=CCNCCCCC.CC. The maximum atomic E-state index is 3.62. The van der Waals surface area contributed by atoms with Gasteiger partial charge in [-0.25, -0.2) is 0 Å². The van der Waals surface area contributed by atoms with Crippen LogP contribution in [0.25, 0.3) is 0 Å². The predicted octanol–water partition coefficient (Wildman–Crippen LogP) is 2.98. The molecule has 1 N–H and O–H groups in total. The molecular formula is C10H23N. The number of hydrogen-bond acceptors (Lipinski definition) is 1. The van der Waals surface area contributed by atoms with Gasteiger partial charge in [-0.2, -0.15) is 0 Å². The minimum absolute atomic E-state index is 0.948. The van der Waals surface area contributed by atoms with Gasteiger partial charge >= 0.3 is 0 Å². The zero-order valence-electron chi connectivity index (χ0n) is 8.32. The Hall–Kier alpha value is -0.300. The molecule has 11 heavy (non-hydrogen) atoms. The lowest BCUT2D eigenvalue weighted by molar-refractivity contribution is 0.647. The summed E-state index contributed by atoms with van der Waals surface area (Å²) in [6.07, 6.45) is 5.83. The average Bonchev–Trinajstić information content (AvgIpc) is 2.08. The van der Waals surface area contributed by atoms with Gasteiger partial charge in [-0.05, 0) is 13.0 Å². The lowest BCUT2D eigenvalue weighted by Crippen LogP contribution is -2.14. The minimum Gasteiger partial charge on any atom is -0.313 e. The van der Waals surface area contributed by atoms with Crippen molar-refractivity contribution in [2.45, 2.75) is 40.0 Å². The van der Waals surface area contributed by atoms with Crippen LogP contribution in [0.1, 0.15) is 40.0 Å². The van der Waals surface area contributed by atoms with E-state index in [-0.39, 0.29) is 0 Å². The second-order valence-corrected chi connectivity index (χ2v) is 2.20. The van der Waals surface area contributed by atoms with Crippen molar-refractivity contribution < 1.29 is 0 Å². The largest absolute Gasteiger partial charge is 0.313 e. The van der Waals surface area contributed by atoms with E-state index < -0.39 is 0 Å². The van der Waals surface area contributed by atoms with Crippen molar-refractivity contribution in [3.05, 3.63) is 12.7 Å².